The Balaban J connectivity index is 2.53. The number of nitrogens with zero attached hydrogens (tertiary/aromatic N) is 1. The number of carbonyl (C=O) groups is 2. The van der Waals surface area contributed by atoms with Crippen molar-refractivity contribution in [2.24, 2.45) is 5.73 Å². The molecule has 0 aliphatic carbocycles. The second kappa shape index (κ2) is 4.17. The molecule has 6 heteroatoms. The Bertz CT molecular complexity index is 528. The van der Waals surface area contributed by atoms with Gasteiger partial charge >= 0.3 is 0 Å². The van der Waals surface area contributed by atoms with Crippen molar-refractivity contribution in [1.29, 1.82) is 0 Å². The lowest BCUT2D eigenvalue weighted by atomic mass is 10.0. The Morgan fingerprint density at radius 3 is 2.78 bits per heavy atom. The van der Waals surface area contributed by atoms with Crippen molar-refractivity contribution in [2.45, 2.75) is 19.4 Å². The van der Waals surface area contributed by atoms with Crippen molar-refractivity contribution in [3.05, 3.63) is 23.2 Å². The van der Waals surface area contributed by atoms with Gasteiger partial charge in [-0.15, -0.1) is 0 Å². The van der Waals surface area contributed by atoms with E-state index in [1.165, 1.54) is 4.90 Å². The van der Waals surface area contributed by atoms with Crippen LogP contribution >= 0.6 is 11.6 Å². The third-order valence-corrected chi connectivity index (χ3v) is 2.89. The number of halogens is 1. The highest BCUT2D eigenvalue weighted by Gasteiger charge is 2.41. The highest BCUT2D eigenvalue weighted by Crippen LogP contribution is 2.39. The first kappa shape index (κ1) is 12.7. The fraction of sp³-hybridized carbons (Fsp3) is 0.333. The van der Waals surface area contributed by atoms with Crippen LogP contribution < -0.4 is 15.4 Å². The Morgan fingerprint density at radius 1 is 1.50 bits per heavy atom. The van der Waals surface area contributed by atoms with Crippen LogP contribution in [0.15, 0.2) is 18.2 Å². The molecule has 0 spiro atoms. The number of carbonyl (C=O) groups excluding carboxylic acids is 2. The van der Waals surface area contributed by atoms with Gasteiger partial charge in [0, 0.05) is 5.02 Å². The number of nitrogens with two attached hydrogens (primary N) is 1. The van der Waals surface area contributed by atoms with Crippen molar-refractivity contribution in [2.75, 3.05) is 11.4 Å². The maximum Gasteiger partial charge on any atom is 0.271 e. The number of hydrogen-bond acceptors (Lipinski definition) is 3. The largest absolute Gasteiger partial charge is 0.476 e. The molecule has 18 heavy (non-hydrogen) atoms. The quantitative estimate of drug-likeness (QED) is 0.879. The summed E-state index contributed by atoms with van der Waals surface area (Å²) in [4.78, 5) is 24.6. The predicted molar refractivity (Wildman–Crippen MR) is 67.7 cm³/mol. The van der Waals surface area contributed by atoms with Gasteiger partial charge in [0.05, 0.1) is 5.69 Å². The molecule has 1 aromatic carbocycles. The van der Waals surface area contributed by atoms with Gasteiger partial charge in [-0.3, -0.25) is 14.5 Å². The van der Waals surface area contributed by atoms with E-state index < -0.39 is 11.5 Å². The summed E-state index contributed by atoms with van der Waals surface area (Å²) in [5.74, 6) is -0.409. The second-order valence-corrected chi connectivity index (χ2v) is 5.02. The smallest absolute Gasteiger partial charge is 0.271 e. The third-order valence-electron chi connectivity index (χ3n) is 2.65. The molecule has 1 heterocycles. The van der Waals surface area contributed by atoms with E-state index in [2.05, 4.69) is 0 Å². The summed E-state index contributed by atoms with van der Waals surface area (Å²) in [7, 11) is 0. The molecule has 0 bridgehead atoms. The number of benzene rings is 1. The molecule has 0 aromatic heterocycles. The van der Waals surface area contributed by atoms with Crippen LogP contribution in [0.3, 0.4) is 0 Å². The van der Waals surface area contributed by atoms with Crippen molar-refractivity contribution in [3.8, 4) is 5.75 Å². The van der Waals surface area contributed by atoms with Gasteiger partial charge in [0.15, 0.2) is 5.60 Å². The van der Waals surface area contributed by atoms with E-state index in [9.17, 15) is 9.59 Å². The minimum atomic E-state index is -1.03. The van der Waals surface area contributed by atoms with Crippen LogP contribution in [0.25, 0.3) is 0 Å². The monoisotopic (exact) mass is 268 g/mol. The summed E-state index contributed by atoms with van der Waals surface area (Å²) in [6, 6.07) is 4.90. The molecular weight excluding hydrogens is 256 g/mol. The minimum absolute atomic E-state index is 0.195. The first-order valence-electron chi connectivity index (χ1n) is 5.40. The molecule has 1 aliphatic rings. The zero-order chi connectivity index (χ0) is 13.5. The zero-order valence-electron chi connectivity index (χ0n) is 10.1. The third kappa shape index (κ3) is 2.13. The topological polar surface area (TPSA) is 72.6 Å². The summed E-state index contributed by atoms with van der Waals surface area (Å²) in [6.07, 6.45) is 0. The molecule has 0 saturated heterocycles. The number of fused-ring (bicyclic) bond motifs is 1. The number of hydrogen-bond donors (Lipinski definition) is 1. The van der Waals surface area contributed by atoms with Crippen molar-refractivity contribution in [1.82, 2.24) is 0 Å². The lowest BCUT2D eigenvalue weighted by molar-refractivity contribution is -0.133. The first-order chi connectivity index (χ1) is 8.31. The summed E-state index contributed by atoms with van der Waals surface area (Å²) in [5, 5.41) is 0.458. The Morgan fingerprint density at radius 2 is 2.17 bits per heavy atom. The van der Waals surface area contributed by atoms with Gasteiger partial charge in [0.2, 0.25) is 5.91 Å². The molecule has 1 aliphatic heterocycles. The second-order valence-electron chi connectivity index (χ2n) is 4.58. The van der Waals surface area contributed by atoms with Crippen LogP contribution in [0.5, 0.6) is 5.75 Å². The van der Waals surface area contributed by atoms with E-state index in [0.29, 0.717) is 16.5 Å². The number of rotatable bonds is 2. The average Bonchev–Trinajstić information content (AvgIpc) is 2.25. The van der Waals surface area contributed by atoms with Gasteiger partial charge in [0.1, 0.15) is 12.3 Å². The molecule has 0 unspecified atom stereocenters. The van der Waals surface area contributed by atoms with Crippen LogP contribution in [0.1, 0.15) is 13.8 Å². The molecule has 2 rings (SSSR count). The molecule has 0 saturated carbocycles. The van der Waals surface area contributed by atoms with Crippen LogP contribution in [-0.4, -0.2) is 24.0 Å². The highest BCUT2D eigenvalue weighted by atomic mass is 35.5. The molecule has 0 atom stereocenters. The molecule has 96 valence electrons. The maximum absolute atomic E-state index is 12.2. The lowest BCUT2D eigenvalue weighted by Gasteiger charge is -2.38. The van der Waals surface area contributed by atoms with E-state index in [-0.39, 0.29) is 12.5 Å². The van der Waals surface area contributed by atoms with Gasteiger partial charge in [-0.05, 0) is 32.0 Å². The summed E-state index contributed by atoms with van der Waals surface area (Å²) in [5.41, 5.74) is 4.59. The van der Waals surface area contributed by atoms with E-state index in [1.54, 1.807) is 32.0 Å². The van der Waals surface area contributed by atoms with Crippen LogP contribution in [0.4, 0.5) is 5.69 Å². The zero-order valence-corrected chi connectivity index (χ0v) is 10.8. The molecule has 0 fully saturated rings. The predicted octanol–water partition coefficient (Wildman–Crippen LogP) is 1.33. The molecular formula is C12H13ClN2O3. The Hall–Kier alpha value is -1.75. The van der Waals surface area contributed by atoms with Crippen molar-refractivity contribution < 1.29 is 14.3 Å². The van der Waals surface area contributed by atoms with Crippen LogP contribution in [0.2, 0.25) is 5.02 Å². The molecule has 5 nitrogen and oxygen atoms in total. The van der Waals surface area contributed by atoms with Gasteiger partial charge in [-0.2, -0.15) is 0 Å². The van der Waals surface area contributed by atoms with Crippen molar-refractivity contribution in [3.63, 3.8) is 0 Å². The average molecular weight is 269 g/mol. The van der Waals surface area contributed by atoms with Gasteiger partial charge in [-0.1, -0.05) is 11.6 Å². The van der Waals surface area contributed by atoms with Gasteiger partial charge < -0.3 is 10.5 Å². The summed E-state index contributed by atoms with van der Waals surface area (Å²) >= 11 is 5.89. The summed E-state index contributed by atoms with van der Waals surface area (Å²) < 4.78 is 5.60. The van der Waals surface area contributed by atoms with Gasteiger partial charge in [0.25, 0.3) is 5.91 Å². The first-order valence-corrected chi connectivity index (χ1v) is 5.78. The van der Waals surface area contributed by atoms with Gasteiger partial charge in [-0.25, -0.2) is 0 Å². The molecule has 2 amide bonds. The molecule has 2 N–H and O–H groups in total. The normalized spacial score (nSPS) is 17.1. The molecule has 0 radical (unpaired) electrons. The lowest BCUT2D eigenvalue weighted by Crippen LogP contribution is -2.54. The Kier molecular flexibility index (Phi) is 2.94. The fourth-order valence-corrected chi connectivity index (χ4v) is 2.02. The maximum atomic E-state index is 12.2. The van der Waals surface area contributed by atoms with Crippen molar-refractivity contribution >= 4 is 29.1 Å². The standard InChI is InChI=1S/C12H13ClN2O3/c1-12(2)11(17)15(6-10(14)16)8-5-7(13)3-4-9(8)18-12/h3-5H,6H2,1-2H3,(H2,14,16). The van der Waals surface area contributed by atoms with E-state index in [1.807, 2.05) is 0 Å². The highest BCUT2D eigenvalue weighted by molar-refractivity contribution is 6.31. The fourth-order valence-electron chi connectivity index (χ4n) is 1.85. The molecule has 1 aromatic rings. The number of anilines is 1. The minimum Gasteiger partial charge on any atom is -0.476 e. The van der Waals surface area contributed by atoms with E-state index >= 15 is 0 Å². The Labute approximate surface area is 109 Å². The SMILES string of the molecule is CC1(C)Oc2ccc(Cl)cc2N(CC(N)=O)C1=O. The van der Waals surface area contributed by atoms with E-state index in [0.717, 1.165) is 0 Å². The van der Waals surface area contributed by atoms with E-state index in [4.69, 9.17) is 22.1 Å². The number of amides is 2. The number of ether oxygens (including phenoxy) is 1. The van der Waals surface area contributed by atoms with Crippen LogP contribution in [-0.2, 0) is 9.59 Å². The summed E-state index contributed by atoms with van der Waals surface area (Å²) in [6.45, 7) is 3.08. The number of primary amides is 1. The van der Waals surface area contributed by atoms with Crippen LogP contribution in [0, 0.1) is 0 Å².